The minimum Gasteiger partial charge on any atom is -0.423 e. The third-order valence-electron chi connectivity index (χ3n) is 4.31. The van der Waals surface area contributed by atoms with Gasteiger partial charge in [0.05, 0.1) is 6.61 Å². The van der Waals surface area contributed by atoms with Crippen LogP contribution >= 0.6 is 0 Å². The van der Waals surface area contributed by atoms with Gasteiger partial charge in [-0.3, -0.25) is 4.79 Å². The molecule has 3 aromatic carbocycles. The third kappa shape index (κ3) is 2.66. The molecule has 0 bridgehead atoms. The largest absolute Gasteiger partial charge is 0.491 e. The van der Waals surface area contributed by atoms with E-state index >= 15 is 0 Å². The van der Waals surface area contributed by atoms with Crippen LogP contribution in [0.5, 0.6) is 0 Å². The summed E-state index contributed by atoms with van der Waals surface area (Å²) in [5.74, 6) is -0.0379. The number of carbonyl (C=O) groups excluding carboxylic acids is 1. The maximum Gasteiger partial charge on any atom is 0.491 e. The topological polar surface area (TPSA) is 46.5 Å². The van der Waals surface area contributed by atoms with Gasteiger partial charge in [-0.25, -0.2) is 0 Å². The maximum atomic E-state index is 12.6. The lowest BCUT2D eigenvalue weighted by atomic mass is 9.79. The molecular formula is C20H15BO3. The molecule has 4 heteroatoms. The molecule has 0 atom stereocenters. The first-order chi connectivity index (χ1) is 11.7. The molecule has 4 rings (SSSR count). The number of hydrogen-bond acceptors (Lipinski definition) is 3. The van der Waals surface area contributed by atoms with Crippen LogP contribution < -0.4 is 5.46 Å². The van der Waals surface area contributed by atoms with E-state index in [0.717, 1.165) is 27.4 Å². The molecule has 0 amide bonds. The van der Waals surface area contributed by atoms with Crippen molar-refractivity contribution in [3.8, 4) is 0 Å². The summed E-state index contributed by atoms with van der Waals surface area (Å²) in [4.78, 5) is 12.6. The van der Waals surface area contributed by atoms with Crippen LogP contribution in [0.15, 0.2) is 66.7 Å². The lowest BCUT2D eigenvalue weighted by Gasteiger charge is -2.03. The Hall–Kier alpha value is -2.69. The number of carbonyl (C=O) groups is 1. The van der Waals surface area contributed by atoms with Crippen LogP contribution in [-0.2, 0) is 11.3 Å². The quantitative estimate of drug-likeness (QED) is 0.459. The van der Waals surface area contributed by atoms with Gasteiger partial charge in [-0.1, -0.05) is 66.7 Å². The first-order valence-corrected chi connectivity index (χ1v) is 7.85. The van der Waals surface area contributed by atoms with Crippen LogP contribution in [0, 0.1) is 0 Å². The van der Waals surface area contributed by atoms with E-state index in [-0.39, 0.29) is 5.78 Å². The summed E-state index contributed by atoms with van der Waals surface area (Å²) in [6, 6.07) is 19.3. The number of hydrogen-bond donors (Lipinski definition) is 1. The lowest BCUT2D eigenvalue weighted by molar-refractivity contribution is 0.104. The fourth-order valence-electron chi connectivity index (χ4n) is 3.04. The maximum absolute atomic E-state index is 12.6. The van der Waals surface area contributed by atoms with Crippen molar-refractivity contribution in [1.82, 2.24) is 0 Å². The molecule has 24 heavy (non-hydrogen) atoms. The fourth-order valence-corrected chi connectivity index (χ4v) is 3.04. The molecule has 0 fully saturated rings. The van der Waals surface area contributed by atoms with Gasteiger partial charge in [-0.05, 0) is 33.4 Å². The molecule has 0 saturated carbocycles. The Balaban J connectivity index is 1.64. The number of ketones is 1. The Morgan fingerprint density at radius 1 is 1.08 bits per heavy atom. The molecule has 1 aliphatic rings. The number of benzene rings is 3. The van der Waals surface area contributed by atoms with E-state index in [0.29, 0.717) is 12.2 Å². The highest BCUT2D eigenvalue weighted by Crippen LogP contribution is 2.20. The Morgan fingerprint density at radius 2 is 1.92 bits per heavy atom. The van der Waals surface area contributed by atoms with E-state index < -0.39 is 7.12 Å². The monoisotopic (exact) mass is 314 g/mol. The minimum atomic E-state index is -0.873. The second-order valence-corrected chi connectivity index (χ2v) is 5.85. The summed E-state index contributed by atoms with van der Waals surface area (Å²) >= 11 is 0. The van der Waals surface area contributed by atoms with Crippen LogP contribution in [-0.4, -0.2) is 17.9 Å². The molecular weight excluding hydrogens is 299 g/mol. The Kier molecular flexibility index (Phi) is 3.77. The fraction of sp³-hybridized carbons (Fsp3) is 0.0500. The van der Waals surface area contributed by atoms with Crippen molar-refractivity contribution in [3.05, 3.63) is 83.4 Å². The normalized spacial score (nSPS) is 13.6. The number of allylic oxidation sites excluding steroid dienone is 1. The van der Waals surface area contributed by atoms with Gasteiger partial charge in [-0.15, -0.1) is 0 Å². The zero-order chi connectivity index (χ0) is 16.5. The molecule has 0 unspecified atom stereocenters. The van der Waals surface area contributed by atoms with Gasteiger partial charge in [0, 0.05) is 5.56 Å². The lowest BCUT2D eigenvalue weighted by Crippen LogP contribution is -2.28. The molecule has 0 aliphatic carbocycles. The number of fused-ring (bicyclic) bond motifs is 2. The van der Waals surface area contributed by atoms with Gasteiger partial charge in [0.1, 0.15) is 0 Å². The van der Waals surface area contributed by atoms with Crippen molar-refractivity contribution >= 4 is 35.2 Å². The van der Waals surface area contributed by atoms with Gasteiger partial charge in [0.2, 0.25) is 0 Å². The molecule has 0 radical (unpaired) electrons. The van der Waals surface area contributed by atoms with Gasteiger partial charge in [0.25, 0.3) is 0 Å². The molecule has 3 aromatic rings. The van der Waals surface area contributed by atoms with Crippen molar-refractivity contribution in [2.75, 3.05) is 0 Å². The average Bonchev–Trinajstić information content (AvgIpc) is 3.00. The second kappa shape index (κ2) is 6.08. The van der Waals surface area contributed by atoms with Crippen molar-refractivity contribution in [2.24, 2.45) is 0 Å². The smallest absolute Gasteiger partial charge is 0.423 e. The van der Waals surface area contributed by atoms with Gasteiger partial charge >= 0.3 is 7.12 Å². The summed E-state index contributed by atoms with van der Waals surface area (Å²) < 4.78 is 5.19. The molecule has 0 spiro atoms. The summed E-state index contributed by atoms with van der Waals surface area (Å²) in [7, 11) is -0.873. The number of rotatable bonds is 3. The van der Waals surface area contributed by atoms with Gasteiger partial charge < -0.3 is 9.68 Å². The van der Waals surface area contributed by atoms with E-state index in [1.165, 1.54) is 0 Å². The Morgan fingerprint density at radius 3 is 2.83 bits per heavy atom. The van der Waals surface area contributed by atoms with Crippen molar-refractivity contribution < 1.29 is 14.5 Å². The first kappa shape index (κ1) is 14.9. The first-order valence-electron chi connectivity index (χ1n) is 7.85. The van der Waals surface area contributed by atoms with E-state index in [2.05, 4.69) is 0 Å². The third-order valence-corrected chi connectivity index (χ3v) is 4.31. The van der Waals surface area contributed by atoms with E-state index in [4.69, 9.17) is 4.65 Å². The second-order valence-electron chi connectivity index (χ2n) is 5.85. The molecule has 116 valence electrons. The highest BCUT2D eigenvalue weighted by molar-refractivity contribution is 6.61. The highest BCUT2D eigenvalue weighted by Gasteiger charge is 2.26. The molecule has 0 saturated heterocycles. The van der Waals surface area contributed by atoms with Crippen molar-refractivity contribution in [3.63, 3.8) is 0 Å². The van der Waals surface area contributed by atoms with Crippen LogP contribution in [0.4, 0.5) is 0 Å². The summed E-state index contributed by atoms with van der Waals surface area (Å²) in [6.45, 7) is 0.426. The van der Waals surface area contributed by atoms with Crippen molar-refractivity contribution in [1.29, 1.82) is 0 Å². The van der Waals surface area contributed by atoms with Crippen LogP contribution in [0.1, 0.15) is 21.5 Å². The predicted molar refractivity (Wildman–Crippen MR) is 96.2 cm³/mol. The molecule has 3 nitrogen and oxygen atoms in total. The molecule has 1 heterocycles. The van der Waals surface area contributed by atoms with E-state index in [1.807, 2.05) is 60.7 Å². The molecule has 1 N–H and O–H groups in total. The zero-order valence-corrected chi connectivity index (χ0v) is 13.0. The van der Waals surface area contributed by atoms with E-state index in [9.17, 15) is 9.82 Å². The SMILES string of the molecule is O=C(/C=C/c1ccc2c(c1)B(O)OC2)c1cccc2ccccc12. The molecule has 1 aliphatic heterocycles. The predicted octanol–water partition coefficient (Wildman–Crippen LogP) is 2.95. The van der Waals surface area contributed by atoms with Crippen LogP contribution in [0.3, 0.4) is 0 Å². The standard InChI is InChI=1S/C20H15BO3/c22-20(18-7-3-5-15-4-1-2-6-17(15)18)11-9-14-8-10-16-13-24-21(23)19(16)12-14/h1-12,23H,13H2/b11-9+. The summed E-state index contributed by atoms with van der Waals surface area (Å²) in [6.07, 6.45) is 3.35. The summed E-state index contributed by atoms with van der Waals surface area (Å²) in [5, 5.41) is 11.8. The Labute approximate surface area is 140 Å². The van der Waals surface area contributed by atoms with E-state index in [1.54, 1.807) is 12.2 Å². The highest BCUT2D eigenvalue weighted by atomic mass is 16.5. The van der Waals surface area contributed by atoms with Gasteiger partial charge in [-0.2, -0.15) is 0 Å². The average molecular weight is 314 g/mol. The van der Waals surface area contributed by atoms with Gasteiger partial charge in [0.15, 0.2) is 5.78 Å². The Bertz CT molecular complexity index is 957. The summed E-state index contributed by atoms with van der Waals surface area (Å²) in [5.41, 5.74) is 3.32. The van der Waals surface area contributed by atoms with Crippen LogP contribution in [0.25, 0.3) is 16.8 Å². The minimum absolute atomic E-state index is 0.0379. The molecule has 0 aromatic heterocycles. The van der Waals surface area contributed by atoms with Crippen molar-refractivity contribution in [2.45, 2.75) is 6.61 Å². The zero-order valence-electron chi connectivity index (χ0n) is 13.0. The van der Waals surface area contributed by atoms with Crippen LogP contribution in [0.2, 0.25) is 0 Å².